The maximum Gasteiger partial charge on any atom is 0.115 e. The Morgan fingerprint density at radius 1 is 0.516 bits per heavy atom. The molecule has 0 spiro atoms. The maximum absolute atomic E-state index is 10.3. The Labute approximate surface area is 181 Å². The van der Waals surface area contributed by atoms with Gasteiger partial charge in [-0.15, -0.1) is 0 Å². The van der Waals surface area contributed by atoms with Crippen molar-refractivity contribution in [2.45, 2.75) is 18.3 Å². The zero-order chi connectivity index (χ0) is 22.0. The van der Waals surface area contributed by atoms with E-state index in [1.54, 1.807) is 48.5 Å². The number of aromatic hydroxyl groups is 4. The summed E-state index contributed by atoms with van der Waals surface area (Å²) in [5.41, 5.74) is 3.11. The molecule has 1 unspecified atom stereocenters. The van der Waals surface area contributed by atoms with E-state index in [2.05, 4.69) is 6.92 Å². The molecular weight excluding hydrogens is 388 g/mol. The zero-order valence-electron chi connectivity index (χ0n) is 17.1. The fourth-order valence-electron chi connectivity index (χ4n) is 4.33. The second kappa shape index (κ2) is 8.07. The van der Waals surface area contributed by atoms with Gasteiger partial charge in [0.05, 0.1) is 0 Å². The van der Waals surface area contributed by atoms with Crippen molar-refractivity contribution < 1.29 is 20.4 Å². The smallest absolute Gasteiger partial charge is 0.115 e. The van der Waals surface area contributed by atoms with Gasteiger partial charge in [0.2, 0.25) is 0 Å². The van der Waals surface area contributed by atoms with Gasteiger partial charge in [-0.2, -0.15) is 0 Å². The van der Waals surface area contributed by atoms with Crippen LogP contribution in [0.1, 0.15) is 35.1 Å². The molecule has 0 saturated heterocycles. The fourth-order valence-corrected chi connectivity index (χ4v) is 4.33. The highest BCUT2D eigenvalue weighted by Gasteiger charge is 2.40. The average molecular weight is 412 g/mol. The van der Waals surface area contributed by atoms with Gasteiger partial charge in [0.25, 0.3) is 0 Å². The second-order valence-electron chi connectivity index (χ2n) is 7.92. The highest BCUT2D eigenvalue weighted by molar-refractivity contribution is 5.52. The van der Waals surface area contributed by atoms with E-state index in [0.29, 0.717) is 0 Å². The molecule has 0 aliphatic rings. The molecule has 0 amide bonds. The first-order valence-electron chi connectivity index (χ1n) is 10.0. The summed E-state index contributed by atoms with van der Waals surface area (Å²) in [6.45, 7) is 2.10. The summed E-state index contributed by atoms with van der Waals surface area (Å²) in [7, 11) is 0. The van der Waals surface area contributed by atoms with Crippen LogP contribution in [0, 0.1) is 0 Å². The van der Waals surface area contributed by atoms with Crippen molar-refractivity contribution >= 4 is 0 Å². The number of phenolic OH excluding ortho intramolecular Hbond substituents is 4. The number of benzene rings is 4. The van der Waals surface area contributed by atoms with Gasteiger partial charge >= 0.3 is 0 Å². The molecule has 0 fully saturated rings. The summed E-state index contributed by atoms with van der Waals surface area (Å²) in [4.78, 5) is 0. The molecule has 4 N–H and O–H groups in total. The lowest BCUT2D eigenvalue weighted by Crippen LogP contribution is -2.32. The molecule has 156 valence electrons. The molecule has 0 saturated carbocycles. The summed E-state index contributed by atoms with van der Waals surface area (Å²) in [5.74, 6) is 0.472. The SMILES string of the molecule is CC(c1ccc(O)cc1)(c1cccc(O)c1)C(c1ccc(O)cc1)c1ccc(O)cc1. The van der Waals surface area contributed by atoms with Gasteiger partial charge in [-0.05, 0) is 70.8 Å². The van der Waals surface area contributed by atoms with Crippen molar-refractivity contribution in [3.05, 3.63) is 119 Å². The van der Waals surface area contributed by atoms with Crippen molar-refractivity contribution in [1.29, 1.82) is 0 Å². The normalized spacial score (nSPS) is 13.1. The minimum Gasteiger partial charge on any atom is -0.508 e. The summed E-state index contributed by atoms with van der Waals surface area (Å²) in [6, 6.07) is 28.4. The lowest BCUT2D eigenvalue weighted by atomic mass is 9.62. The minimum absolute atomic E-state index is 0.165. The van der Waals surface area contributed by atoms with Gasteiger partial charge in [-0.3, -0.25) is 0 Å². The van der Waals surface area contributed by atoms with Crippen LogP contribution in [0.3, 0.4) is 0 Å². The van der Waals surface area contributed by atoms with Crippen molar-refractivity contribution in [3.63, 3.8) is 0 Å². The Balaban J connectivity index is 2.02. The Bertz CT molecular complexity index is 1120. The highest BCUT2D eigenvalue weighted by atomic mass is 16.3. The van der Waals surface area contributed by atoms with E-state index >= 15 is 0 Å². The lowest BCUT2D eigenvalue weighted by molar-refractivity contribution is 0.458. The quantitative estimate of drug-likeness (QED) is 0.342. The summed E-state index contributed by atoms with van der Waals surface area (Å²) >= 11 is 0. The molecule has 4 aromatic rings. The molecule has 4 rings (SSSR count). The Kier molecular flexibility index (Phi) is 5.30. The predicted octanol–water partition coefficient (Wildman–Crippen LogP) is 5.65. The molecular formula is C27H24O4. The number of hydrogen-bond acceptors (Lipinski definition) is 4. The molecule has 0 aromatic heterocycles. The molecule has 0 bridgehead atoms. The zero-order valence-corrected chi connectivity index (χ0v) is 17.1. The van der Waals surface area contributed by atoms with E-state index in [1.165, 1.54) is 0 Å². The van der Waals surface area contributed by atoms with Gasteiger partial charge in [-0.25, -0.2) is 0 Å². The molecule has 4 aromatic carbocycles. The van der Waals surface area contributed by atoms with Crippen LogP contribution in [0.25, 0.3) is 0 Å². The van der Waals surface area contributed by atoms with Crippen LogP contribution in [0.2, 0.25) is 0 Å². The molecule has 0 aliphatic carbocycles. The van der Waals surface area contributed by atoms with E-state index in [1.807, 2.05) is 48.5 Å². The molecule has 31 heavy (non-hydrogen) atoms. The minimum atomic E-state index is -0.652. The van der Waals surface area contributed by atoms with Gasteiger partial charge in [0.1, 0.15) is 23.0 Å². The van der Waals surface area contributed by atoms with Crippen LogP contribution in [0.4, 0.5) is 0 Å². The van der Waals surface area contributed by atoms with Crippen molar-refractivity contribution in [1.82, 2.24) is 0 Å². The van der Waals surface area contributed by atoms with Crippen LogP contribution in [0.15, 0.2) is 97.1 Å². The third-order valence-electron chi connectivity index (χ3n) is 5.94. The predicted molar refractivity (Wildman–Crippen MR) is 121 cm³/mol. The fraction of sp³-hybridized carbons (Fsp3) is 0.111. The van der Waals surface area contributed by atoms with Crippen LogP contribution in [-0.2, 0) is 5.41 Å². The Morgan fingerprint density at radius 2 is 0.968 bits per heavy atom. The molecule has 4 nitrogen and oxygen atoms in total. The molecule has 0 heterocycles. The first-order chi connectivity index (χ1) is 14.9. The molecule has 4 heteroatoms. The van der Waals surface area contributed by atoms with Crippen LogP contribution >= 0.6 is 0 Å². The monoisotopic (exact) mass is 412 g/mol. The Morgan fingerprint density at radius 3 is 1.42 bits per heavy atom. The average Bonchev–Trinajstić information content (AvgIpc) is 2.77. The summed E-state index contributed by atoms with van der Waals surface area (Å²) in [5, 5.41) is 39.8. The van der Waals surface area contributed by atoms with Gasteiger partial charge in [0.15, 0.2) is 0 Å². The lowest BCUT2D eigenvalue weighted by Gasteiger charge is -2.40. The summed E-state index contributed by atoms with van der Waals surface area (Å²) < 4.78 is 0. The van der Waals surface area contributed by atoms with Gasteiger partial charge in [0, 0.05) is 11.3 Å². The first-order valence-corrected chi connectivity index (χ1v) is 10.0. The standard InChI is InChI=1S/C27H24O4/c1-27(20-9-15-24(30)16-10-20,21-3-2-4-25(31)17-21)26(18-5-11-22(28)12-6-18)19-7-13-23(29)14-8-19/h2-17,26,28-31H,1H3. The van der Waals surface area contributed by atoms with Gasteiger partial charge in [-0.1, -0.05) is 55.5 Å². The maximum atomic E-state index is 10.3. The first kappa shape index (κ1) is 20.4. The highest BCUT2D eigenvalue weighted by Crippen LogP contribution is 2.49. The Hall–Kier alpha value is -3.92. The van der Waals surface area contributed by atoms with E-state index in [4.69, 9.17) is 0 Å². The van der Waals surface area contributed by atoms with Crippen LogP contribution in [-0.4, -0.2) is 20.4 Å². The number of hydrogen-bond donors (Lipinski definition) is 4. The number of rotatable bonds is 5. The summed E-state index contributed by atoms with van der Waals surface area (Å²) in [6.07, 6.45) is 0. The van der Waals surface area contributed by atoms with E-state index in [0.717, 1.165) is 22.3 Å². The van der Waals surface area contributed by atoms with Crippen molar-refractivity contribution in [2.75, 3.05) is 0 Å². The van der Waals surface area contributed by atoms with Gasteiger partial charge < -0.3 is 20.4 Å². The molecule has 0 aliphatic heterocycles. The number of phenols is 4. The third-order valence-corrected chi connectivity index (χ3v) is 5.94. The van der Waals surface area contributed by atoms with E-state index in [9.17, 15) is 20.4 Å². The second-order valence-corrected chi connectivity index (χ2v) is 7.92. The third kappa shape index (κ3) is 3.92. The van der Waals surface area contributed by atoms with Crippen molar-refractivity contribution in [3.8, 4) is 23.0 Å². The van der Waals surface area contributed by atoms with Crippen LogP contribution < -0.4 is 0 Å². The van der Waals surface area contributed by atoms with E-state index < -0.39 is 5.41 Å². The van der Waals surface area contributed by atoms with Crippen LogP contribution in [0.5, 0.6) is 23.0 Å². The topological polar surface area (TPSA) is 80.9 Å². The van der Waals surface area contributed by atoms with Crippen molar-refractivity contribution in [2.24, 2.45) is 0 Å². The van der Waals surface area contributed by atoms with E-state index in [-0.39, 0.29) is 28.9 Å². The largest absolute Gasteiger partial charge is 0.508 e. The molecule has 0 radical (unpaired) electrons. The molecule has 1 atom stereocenters.